The first-order valence-electron chi connectivity index (χ1n) is 12.4. The molecule has 1 atom stereocenters. The van der Waals surface area contributed by atoms with E-state index < -0.39 is 12.0 Å². The number of hydrogen-bond donors (Lipinski definition) is 0. The molecule has 1 unspecified atom stereocenters. The van der Waals surface area contributed by atoms with Crippen LogP contribution in [-0.2, 0) is 9.53 Å². The molecule has 0 radical (unpaired) electrons. The Kier molecular flexibility index (Phi) is 6.91. The van der Waals surface area contributed by atoms with E-state index in [1.165, 1.54) is 11.3 Å². The number of allylic oxidation sites excluding steroid dienone is 1. The van der Waals surface area contributed by atoms with Crippen molar-refractivity contribution >= 4 is 39.8 Å². The highest BCUT2D eigenvalue weighted by atomic mass is 32.1. The molecule has 3 aromatic carbocycles. The molecule has 0 saturated heterocycles. The Hall–Kier alpha value is -4.17. The molecule has 0 fully saturated rings. The first-order valence-corrected chi connectivity index (χ1v) is 13.2. The highest BCUT2D eigenvalue weighted by molar-refractivity contribution is 7.07. The number of anilines is 1. The summed E-state index contributed by atoms with van der Waals surface area (Å²) in [5.74, 6) is 0.0846. The molecule has 8 heteroatoms. The fraction of sp³-hybridized carbons (Fsp3) is 0.233. The summed E-state index contributed by atoms with van der Waals surface area (Å²) in [5, 5.41) is 1.87. The van der Waals surface area contributed by atoms with Gasteiger partial charge in [-0.25, -0.2) is 9.79 Å². The van der Waals surface area contributed by atoms with Crippen LogP contribution in [0.15, 0.2) is 81.7 Å². The summed E-state index contributed by atoms with van der Waals surface area (Å²) in [6.07, 6.45) is 1.87. The number of ether oxygens (including phenoxy) is 2. The molecular formula is C30H29N3O4S. The van der Waals surface area contributed by atoms with Gasteiger partial charge < -0.3 is 14.4 Å². The predicted molar refractivity (Wildman–Crippen MR) is 152 cm³/mol. The van der Waals surface area contributed by atoms with Crippen LogP contribution in [0, 0.1) is 0 Å². The van der Waals surface area contributed by atoms with Crippen LogP contribution in [0.3, 0.4) is 0 Å². The molecule has 4 aromatic rings. The van der Waals surface area contributed by atoms with Crippen molar-refractivity contribution in [1.29, 1.82) is 0 Å². The van der Waals surface area contributed by atoms with Gasteiger partial charge in [-0.1, -0.05) is 53.8 Å². The molecule has 0 spiro atoms. The van der Waals surface area contributed by atoms with Crippen molar-refractivity contribution in [3.8, 4) is 5.75 Å². The molecular weight excluding hydrogens is 498 g/mol. The number of thiazole rings is 1. The minimum atomic E-state index is -0.760. The van der Waals surface area contributed by atoms with Crippen molar-refractivity contribution in [2.24, 2.45) is 4.99 Å². The lowest BCUT2D eigenvalue weighted by molar-refractivity contribution is -0.139. The number of nitrogens with zero attached hydrogens (tertiary/aromatic N) is 3. The number of benzene rings is 3. The van der Waals surface area contributed by atoms with Crippen molar-refractivity contribution in [2.45, 2.75) is 19.9 Å². The standard InChI is InChI=1S/C30H29N3O4S/c1-6-37-29(35)25-18(2)31-30-33(27(25)26-22-10-8-7-9-20(22)13-16-23(26)36-5)28(34)24(38-30)17-19-11-14-21(15-12-19)32(3)4/h7-17,27H,6H2,1-5H3. The normalized spacial score (nSPS) is 15.3. The maximum Gasteiger partial charge on any atom is 0.338 e. The summed E-state index contributed by atoms with van der Waals surface area (Å²) in [6, 6.07) is 18.9. The summed E-state index contributed by atoms with van der Waals surface area (Å²) >= 11 is 1.31. The molecule has 0 bridgehead atoms. The van der Waals surface area contributed by atoms with E-state index in [1.54, 1.807) is 25.5 Å². The maximum atomic E-state index is 14.0. The zero-order chi connectivity index (χ0) is 27.0. The summed E-state index contributed by atoms with van der Waals surface area (Å²) < 4.78 is 13.4. The molecule has 7 nitrogen and oxygen atoms in total. The van der Waals surface area contributed by atoms with Crippen LogP contribution >= 0.6 is 11.3 Å². The van der Waals surface area contributed by atoms with E-state index >= 15 is 0 Å². The van der Waals surface area contributed by atoms with E-state index in [0.29, 0.717) is 26.4 Å². The second kappa shape index (κ2) is 10.3. The van der Waals surface area contributed by atoms with Crippen molar-refractivity contribution in [1.82, 2.24) is 4.57 Å². The Bertz CT molecular complexity index is 1750. The molecule has 1 aliphatic heterocycles. The van der Waals surface area contributed by atoms with Crippen LogP contribution in [0.25, 0.3) is 16.8 Å². The van der Waals surface area contributed by atoms with E-state index in [2.05, 4.69) is 0 Å². The molecule has 2 heterocycles. The quantitative estimate of drug-likeness (QED) is 0.354. The van der Waals surface area contributed by atoms with Gasteiger partial charge in [-0.3, -0.25) is 9.36 Å². The summed E-state index contributed by atoms with van der Waals surface area (Å²) in [5.41, 5.74) is 3.33. The predicted octanol–water partition coefficient (Wildman–Crippen LogP) is 4.03. The smallest absolute Gasteiger partial charge is 0.338 e. The van der Waals surface area contributed by atoms with Gasteiger partial charge in [-0.2, -0.15) is 0 Å². The van der Waals surface area contributed by atoms with Gasteiger partial charge in [0.05, 0.1) is 29.5 Å². The fourth-order valence-electron chi connectivity index (χ4n) is 4.82. The van der Waals surface area contributed by atoms with Crippen LogP contribution in [0.2, 0.25) is 0 Å². The topological polar surface area (TPSA) is 73.1 Å². The molecule has 194 valence electrons. The van der Waals surface area contributed by atoms with Gasteiger partial charge in [-0.15, -0.1) is 0 Å². The highest BCUT2D eigenvalue weighted by Crippen LogP contribution is 2.40. The fourth-order valence-corrected chi connectivity index (χ4v) is 5.87. The van der Waals surface area contributed by atoms with Crippen molar-refractivity contribution in [3.63, 3.8) is 0 Å². The maximum absolute atomic E-state index is 14.0. The third-order valence-corrected chi connectivity index (χ3v) is 7.63. The minimum Gasteiger partial charge on any atom is -0.496 e. The lowest BCUT2D eigenvalue weighted by Crippen LogP contribution is -2.40. The number of methoxy groups -OCH3 is 1. The molecule has 0 N–H and O–H groups in total. The number of rotatable bonds is 6. The average Bonchev–Trinajstić information content (AvgIpc) is 3.21. The van der Waals surface area contributed by atoms with Crippen molar-refractivity contribution < 1.29 is 14.3 Å². The van der Waals surface area contributed by atoms with Gasteiger partial charge in [-0.05, 0) is 54.5 Å². The Morgan fingerprint density at radius 1 is 1.11 bits per heavy atom. The van der Waals surface area contributed by atoms with Gasteiger partial charge in [0.15, 0.2) is 4.80 Å². The molecule has 1 aromatic heterocycles. The number of aromatic nitrogens is 1. The van der Waals surface area contributed by atoms with Crippen LogP contribution in [-0.4, -0.2) is 38.3 Å². The molecule has 5 rings (SSSR count). The number of hydrogen-bond acceptors (Lipinski definition) is 7. The Morgan fingerprint density at radius 2 is 1.84 bits per heavy atom. The molecule has 0 amide bonds. The average molecular weight is 528 g/mol. The second-order valence-corrected chi connectivity index (χ2v) is 10.2. The van der Waals surface area contributed by atoms with E-state index in [4.69, 9.17) is 14.5 Å². The third kappa shape index (κ3) is 4.41. The first kappa shape index (κ1) is 25.5. The summed E-state index contributed by atoms with van der Waals surface area (Å²) in [6.45, 7) is 3.76. The van der Waals surface area contributed by atoms with Gasteiger partial charge >= 0.3 is 5.97 Å². The third-order valence-electron chi connectivity index (χ3n) is 6.65. The largest absolute Gasteiger partial charge is 0.496 e. The van der Waals surface area contributed by atoms with Crippen LogP contribution in [0.1, 0.15) is 31.0 Å². The first-order chi connectivity index (χ1) is 18.3. The Balaban J connectivity index is 1.80. The monoisotopic (exact) mass is 527 g/mol. The van der Waals surface area contributed by atoms with E-state index in [9.17, 15) is 9.59 Å². The van der Waals surface area contributed by atoms with Crippen molar-refractivity contribution in [2.75, 3.05) is 32.7 Å². The highest BCUT2D eigenvalue weighted by Gasteiger charge is 2.36. The SMILES string of the molecule is CCOC(=O)C1=C(C)N=c2sc(=Cc3ccc(N(C)C)cc3)c(=O)n2C1c1c(OC)ccc2ccccc12. The number of fused-ring (bicyclic) bond motifs is 2. The molecule has 0 saturated carbocycles. The lowest BCUT2D eigenvalue weighted by Gasteiger charge is -2.27. The molecule has 1 aliphatic rings. The number of carbonyl (C=O) groups excluding carboxylic acids is 1. The zero-order valence-corrected chi connectivity index (χ0v) is 22.8. The zero-order valence-electron chi connectivity index (χ0n) is 22.0. The van der Waals surface area contributed by atoms with Gasteiger partial charge in [0.25, 0.3) is 5.56 Å². The van der Waals surface area contributed by atoms with E-state index in [0.717, 1.165) is 27.6 Å². The van der Waals surface area contributed by atoms with Gasteiger partial charge in [0.1, 0.15) is 11.8 Å². The van der Waals surface area contributed by atoms with E-state index in [1.807, 2.05) is 85.7 Å². The number of esters is 1. The second-order valence-electron chi connectivity index (χ2n) is 9.19. The van der Waals surface area contributed by atoms with Gasteiger partial charge in [0, 0.05) is 25.3 Å². The van der Waals surface area contributed by atoms with E-state index in [-0.39, 0.29) is 12.2 Å². The summed E-state index contributed by atoms with van der Waals surface area (Å²) in [7, 11) is 5.56. The van der Waals surface area contributed by atoms with Crippen molar-refractivity contribution in [3.05, 3.63) is 103 Å². The van der Waals surface area contributed by atoms with Crippen LogP contribution in [0.4, 0.5) is 5.69 Å². The minimum absolute atomic E-state index is 0.211. The molecule has 0 aliphatic carbocycles. The lowest BCUT2D eigenvalue weighted by atomic mass is 9.90. The Labute approximate surface area is 224 Å². The molecule has 38 heavy (non-hydrogen) atoms. The Morgan fingerprint density at radius 3 is 2.53 bits per heavy atom. The van der Waals surface area contributed by atoms with Crippen LogP contribution < -0.4 is 24.5 Å². The number of carbonyl (C=O) groups is 1. The van der Waals surface area contributed by atoms with Crippen LogP contribution in [0.5, 0.6) is 5.75 Å². The van der Waals surface area contributed by atoms with Gasteiger partial charge in [0.2, 0.25) is 0 Å². The summed E-state index contributed by atoms with van der Waals surface area (Å²) in [4.78, 5) is 34.6.